The molecule has 1 aromatic carbocycles. The highest BCUT2D eigenvalue weighted by Gasteiger charge is 2.15. The van der Waals surface area contributed by atoms with Crippen molar-refractivity contribution in [1.82, 2.24) is 9.97 Å². The molecule has 2 aromatic heterocycles. The van der Waals surface area contributed by atoms with Crippen molar-refractivity contribution in [3.05, 3.63) is 51.7 Å². The molecule has 7 nitrogen and oxygen atoms in total. The van der Waals surface area contributed by atoms with E-state index in [9.17, 15) is 13.2 Å². The molecule has 3 rings (SSSR count). The molecule has 2 N–H and O–H groups in total. The molecule has 0 amide bonds. The Labute approximate surface area is 127 Å². The van der Waals surface area contributed by atoms with Gasteiger partial charge in [0, 0.05) is 16.9 Å². The van der Waals surface area contributed by atoms with E-state index in [2.05, 4.69) is 30.6 Å². The first kappa shape index (κ1) is 13.8. The normalized spacial score (nSPS) is 11.7. The van der Waals surface area contributed by atoms with Crippen LogP contribution in [0.2, 0.25) is 0 Å². The minimum atomic E-state index is -3.76. The molecule has 0 bridgehead atoms. The van der Waals surface area contributed by atoms with Gasteiger partial charge in [-0.05, 0) is 40.2 Å². The molecule has 0 saturated carbocycles. The molecule has 0 unspecified atom stereocenters. The van der Waals surface area contributed by atoms with Crippen LogP contribution in [0.25, 0.3) is 11.1 Å². The molecule has 0 aliphatic rings. The zero-order valence-corrected chi connectivity index (χ0v) is 12.7. The second-order valence-corrected chi connectivity index (χ2v) is 6.77. The van der Waals surface area contributed by atoms with Crippen LogP contribution in [0, 0.1) is 0 Å². The van der Waals surface area contributed by atoms with Crippen LogP contribution < -0.4 is 10.5 Å². The average Bonchev–Trinajstić information content (AvgIpc) is 2.77. The number of fused-ring (bicyclic) bond motifs is 1. The Kier molecular flexibility index (Phi) is 3.30. The summed E-state index contributed by atoms with van der Waals surface area (Å²) in [6.07, 6.45) is 2.73. The number of H-pyrrole nitrogens is 1. The highest BCUT2D eigenvalue weighted by atomic mass is 79.9. The number of pyridine rings is 1. The Morgan fingerprint density at radius 3 is 2.81 bits per heavy atom. The third-order valence-corrected chi connectivity index (χ3v) is 4.44. The first-order valence-electron chi connectivity index (χ1n) is 5.70. The lowest BCUT2D eigenvalue weighted by Gasteiger charge is -2.07. The van der Waals surface area contributed by atoms with Gasteiger partial charge in [-0.25, -0.2) is 13.2 Å². The van der Waals surface area contributed by atoms with Gasteiger partial charge in [0.1, 0.15) is 4.90 Å². The number of halogens is 1. The number of nitrogens with one attached hydrogen (secondary N) is 2. The fourth-order valence-corrected chi connectivity index (χ4v) is 3.32. The molecule has 0 fully saturated rings. The number of hydrogen-bond donors (Lipinski definition) is 2. The predicted molar refractivity (Wildman–Crippen MR) is 79.6 cm³/mol. The van der Waals surface area contributed by atoms with Gasteiger partial charge in [0.15, 0.2) is 5.58 Å². The number of oxazole rings is 1. The van der Waals surface area contributed by atoms with Crippen LogP contribution in [0.1, 0.15) is 0 Å². The average molecular weight is 370 g/mol. The maximum absolute atomic E-state index is 12.2. The third-order valence-electron chi connectivity index (χ3n) is 2.66. The zero-order valence-electron chi connectivity index (χ0n) is 10.3. The lowest BCUT2D eigenvalue weighted by molar-refractivity contribution is 0.555. The number of nitrogens with zero attached hydrogens (tertiary/aromatic N) is 1. The van der Waals surface area contributed by atoms with E-state index in [4.69, 9.17) is 4.42 Å². The Morgan fingerprint density at radius 1 is 1.24 bits per heavy atom. The van der Waals surface area contributed by atoms with Crippen LogP contribution in [-0.2, 0) is 10.0 Å². The first-order valence-corrected chi connectivity index (χ1v) is 7.98. The van der Waals surface area contributed by atoms with E-state index in [0.29, 0.717) is 21.3 Å². The van der Waals surface area contributed by atoms with Gasteiger partial charge in [-0.1, -0.05) is 0 Å². The molecule has 2 heterocycles. The molecular weight excluding hydrogens is 362 g/mol. The van der Waals surface area contributed by atoms with Gasteiger partial charge < -0.3 is 4.42 Å². The summed E-state index contributed by atoms with van der Waals surface area (Å²) in [5.41, 5.74) is 1.07. The van der Waals surface area contributed by atoms with E-state index < -0.39 is 15.8 Å². The van der Waals surface area contributed by atoms with Crippen LogP contribution in [-0.4, -0.2) is 18.4 Å². The van der Waals surface area contributed by atoms with Crippen molar-refractivity contribution in [2.75, 3.05) is 4.72 Å². The van der Waals surface area contributed by atoms with Crippen LogP contribution >= 0.6 is 15.9 Å². The van der Waals surface area contributed by atoms with E-state index in [1.54, 1.807) is 0 Å². The molecule has 0 spiro atoms. The fourth-order valence-electron chi connectivity index (χ4n) is 1.77. The maximum Gasteiger partial charge on any atom is 0.417 e. The highest BCUT2D eigenvalue weighted by Crippen LogP contribution is 2.21. The summed E-state index contributed by atoms with van der Waals surface area (Å²) in [6.45, 7) is 0. The zero-order chi connectivity index (χ0) is 15.0. The van der Waals surface area contributed by atoms with Gasteiger partial charge in [-0.2, -0.15) is 0 Å². The summed E-state index contributed by atoms with van der Waals surface area (Å²) < 4.78 is 32.3. The Morgan fingerprint density at radius 2 is 2.05 bits per heavy atom. The molecule has 0 radical (unpaired) electrons. The lowest BCUT2D eigenvalue weighted by atomic mass is 10.3. The number of hydrogen-bond acceptors (Lipinski definition) is 5. The van der Waals surface area contributed by atoms with Crippen molar-refractivity contribution in [3.63, 3.8) is 0 Å². The van der Waals surface area contributed by atoms with Crippen molar-refractivity contribution in [1.29, 1.82) is 0 Å². The predicted octanol–water partition coefficient (Wildman–Crippen LogP) is 2.08. The molecule has 3 aromatic rings. The van der Waals surface area contributed by atoms with Gasteiger partial charge >= 0.3 is 5.76 Å². The highest BCUT2D eigenvalue weighted by molar-refractivity contribution is 9.10. The summed E-state index contributed by atoms with van der Waals surface area (Å²) in [6, 6.07) is 5.92. The number of rotatable bonds is 3. The van der Waals surface area contributed by atoms with Crippen LogP contribution in [0.4, 0.5) is 5.69 Å². The summed E-state index contributed by atoms with van der Waals surface area (Å²) in [5.74, 6) is -0.596. The number of sulfonamides is 1. The van der Waals surface area contributed by atoms with E-state index in [1.165, 1.54) is 36.7 Å². The molecule has 0 aliphatic heterocycles. The van der Waals surface area contributed by atoms with Gasteiger partial charge in [0.2, 0.25) is 0 Å². The van der Waals surface area contributed by atoms with E-state index in [1.807, 2.05) is 0 Å². The molecule has 0 atom stereocenters. The SMILES string of the molecule is O=c1[nH]c2cc(NS(=O)(=O)c3cncc(Br)c3)ccc2o1. The standard InChI is InChI=1S/C12H8BrN3O4S/c13-7-3-9(6-14-5-7)21(18,19)16-8-1-2-11-10(4-8)15-12(17)20-11/h1-6,16H,(H,15,17). The van der Waals surface area contributed by atoms with Gasteiger partial charge in [0.05, 0.1) is 11.2 Å². The summed E-state index contributed by atoms with van der Waals surface area (Å²) in [7, 11) is -3.76. The largest absolute Gasteiger partial charge is 0.417 e. The van der Waals surface area contributed by atoms with Gasteiger partial charge in [-0.3, -0.25) is 14.7 Å². The quantitative estimate of drug-likeness (QED) is 0.735. The smallest absolute Gasteiger partial charge is 0.408 e. The number of anilines is 1. The van der Waals surface area contributed by atoms with E-state index in [-0.39, 0.29) is 4.90 Å². The number of aromatic nitrogens is 2. The fraction of sp³-hybridized carbons (Fsp3) is 0. The topological polar surface area (TPSA) is 105 Å². The lowest BCUT2D eigenvalue weighted by Crippen LogP contribution is -2.13. The minimum absolute atomic E-state index is 0.0256. The van der Waals surface area contributed by atoms with E-state index in [0.717, 1.165) is 0 Å². The van der Waals surface area contributed by atoms with E-state index >= 15 is 0 Å². The number of aromatic amines is 1. The van der Waals surface area contributed by atoms with Crippen molar-refractivity contribution in [2.24, 2.45) is 0 Å². The van der Waals surface area contributed by atoms with Crippen molar-refractivity contribution in [3.8, 4) is 0 Å². The van der Waals surface area contributed by atoms with Crippen molar-refractivity contribution in [2.45, 2.75) is 4.90 Å². The molecular formula is C12H8BrN3O4S. The first-order chi connectivity index (χ1) is 9.94. The Balaban J connectivity index is 1.98. The molecule has 108 valence electrons. The Bertz CT molecular complexity index is 977. The minimum Gasteiger partial charge on any atom is -0.408 e. The van der Waals surface area contributed by atoms with Crippen LogP contribution in [0.15, 0.2) is 55.2 Å². The van der Waals surface area contributed by atoms with Crippen molar-refractivity contribution >= 4 is 42.7 Å². The Hall–Kier alpha value is -2.13. The second-order valence-electron chi connectivity index (χ2n) is 4.17. The van der Waals surface area contributed by atoms with Crippen molar-refractivity contribution < 1.29 is 12.8 Å². The third kappa shape index (κ3) is 2.83. The molecule has 0 saturated heterocycles. The van der Waals surface area contributed by atoms with Crippen LogP contribution in [0.5, 0.6) is 0 Å². The molecule has 9 heteroatoms. The monoisotopic (exact) mass is 369 g/mol. The summed E-state index contributed by atoms with van der Waals surface area (Å²) in [4.78, 5) is 17.4. The second kappa shape index (κ2) is 5.01. The maximum atomic E-state index is 12.2. The van der Waals surface area contributed by atoms with Gasteiger partial charge in [0.25, 0.3) is 10.0 Å². The number of benzene rings is 1. The summed E-state index contributed by atoms with van der Waals surface area (Å²) >= 11 is 3.17. The molecule has 21 heavy (non-hydrogen) atoms. The molecule has 0 aliphatic carbocycles. The summed E-state index contributed by atoms with van der Waals surface area (Å²) in [5, 5.41) is 0. The van der Waals surface area contributed by atoms with Crippen LogP contribution in [0.3, 0.4) is 0 Å². The van der Waals surface area contributed by atoms with Gasteiger partial charge in [-0.15, -0.1) is 0 Å².